The molecule has 0 atom stereocenters. The molecular weight excluding hydrogens is 307 g/mol. The Morgan fingerprint density at radius 3 is 2.33 bits per heavy atom. The zero-order valence-corrected chi connectivity index (χ0v) is 12.7. The number of hydrogen-bond acceptors (Lipinski definition) is 4. The number of carbonyl (C=O) groups excluding carboxylic acids is 1. The standard InChI is InChI=1S/C18H15FN4O/c19-14-1-3-15(4-2-14)23-16-5-6-17(21-12-16)18(24)22-11-13-7-9-20-10-8-13/h1-10,12,23H,11H2,(H,22,24). The van der Waals surface area contributed by atoms with E-state index in [0.717, 1.165) is 11.3 Å². The fraction of sp³-hybridized carbons (Fsp3) is 0.0556. The van der Waals surface area contributed by atoms with Crippen LogP contribution >= 0.6 is 0 Å². The van der Waals surface area contributed by atoms with Gasteiger partial charge in [0.2, 0.25) is 0 Å². The first kappa shape index (κ1) is 15.6. The van der Waals surface area contributed by atoms with Gasteiger partial charge in [0.05, 0.1) is 11.9 Å². The van der Waals surface area contributed by atoms with Gasteiger partial charge in [-0.1, -0.05) is 0 Å². The van der Waals surface area contributed by atoms with Crippen LogP contribution in [0.4, 0.5) is 15.8 Å². The molecule has 5 nitrogen and oxygen atoms in total. The third-order valence-corrected chi connectivity index (χ3v) is 3.33. The molecule has 0 aliphatic rings. The van der Waals surface area contributed by atoms with Crippen molar-refractivity contribution >= 4 is 17.3 Å². The Balaban J connectivity index is 1.59. The van der Waals surface area contributed by atoms with E-state index in [1.165, 1.54) is 12.1 Å². The number of nitrogens with one attached hydrogen (secondary N) is 2. The normalized spacial score (nSPS) is 10.2. The summed E-state index contributed by atoms with van der Waals surface area (Å²) in [6.45, 7) is 0.415. The molecule has 6 heteroatoms. The quantitative estimate of drug-likeness (QED) is 0.756. The average molecular weight is 322 g/mol. The monoisotopic (exact) mass is 322 g/mol. The molecule has 1 aromatic carbocycles. The molecule has 0 saturated heterocycles. The van der Waals surface area contributed by atoms with Crippen molar-refractivity contribution in [3.05, 3.63) is 84.2 Å². The van der Waals surface area contributed by atoms with E-state index >= 15 is 0 Å². The Morgan fingerprint density at radius 1 is 0.958 bits per heavy atom. The van der Waals surface area contributed by atoms with Gasteiger partial charge in [0, 0.05) is 24.6 Å². The summed E-state index contributed by atoms with van der Waals surface area (Å²) in [6.07, 6.45) is 4.91. The van der Waals surface area contributed by atoms with Crippen LogP contribution in [0.2, 0.25) is 0 Å². The van der Waals surface area contributed by atoms with Gasteiger partial charge in [-0.3, -0.25) is 9.78 Å². The second-order valence-electron chi connectivity index (χ2n) is 5.10. The number of pyridine rings is 2. The maximum absolute atomic E-state index is 12.9. The molecule has 2 aromatic heterocycles. The minimum absolute atomic E-state index is 0.250. The molecule has 24 heavy (non-hydrogen) atoms. The van der Waals surface area contributed by atoms with Gasteiger partial charge in [0.25, 0.3) is 5.91 Å². The van der Waals surface area contributed by atoms with Crippen LogP contribution in [-0.2, 0) is 6.54 Å². The third-order valence-electron chi connectivity index (χ3n) is 3.33. The van der Waals surface area contributed by atoms with Gasteiger partial charge in [-0.25, -0.2) is 9.37 Å². The SMILES string of the molecule is O=C(NCc1ccncc1)c1ccc(Nc2ccc(F)cc2)cn1. The van der Waals surface area contributed by atoms with Gasteiger partial charge in [0.1, 0.15) is 11.5 Å². The minimum atomic E-state index is -0.292. The molecule has 0 bridgehead atoms. The van der Waals surface area contributed by atoms with Crippen LogP contribution in [0.5, 0.6) is 0 Å². The van der Waals surface area contributed by atoms with Crippen LogP contribution < -0.4 is 10.6 Å². The average Bonchev–Trinajstić information content (AvgIpc) is 2.63. The summed E-state index contributed by atoms with van der Waals surface area (Å²) in [5.74, 6) is -0.542. The summed E-state index contributed by atoms with van der Waals surface area (Å²) in [5.41, 5.74) is 2.75. The van der Waals surface area contributed by atoms with Crippen molar-refractivity contribution in [1.29, 1.82) is 0 Å². The molecule has 0 aliphatic carbocycles. The Morgan fingerprint density at radius 2 is 1.67 bits per heavy atom. The summed E-state index contributed by atoms with van der Waals surface area (Å²) >= 11 is 0. The molecule has 2 N–H and O–H groups in total. The van der Waals surface area contributed by atoms with E-state index in [4.69, 9.17) is 0 Å². The molecule has 0 unspecified atom stereocenters. The topological polar surface area (TPSA) is 66.9 Å². The van der Waals surface area contributed by atoms with Crippen LogP contribution in [0.1, 0.15) is 16.1 Å². The summed E-state index contributed by atoms with van der Waals surface area (Å²) < 4.78 is 12.9. The number of halogens is 1. The van der Waals surface area contributed by atoms with E-state index in [1.54, 1.807) is 42.9 Å². The van der Waals surface area contributed by atoms with Crippen molar-refractivity contribution < 1.29 is 9.18 Å². The first-order valence-electron chi connectivity index (χ1n) is 7.36. The van der Waals surface area contributed by atoms with Gasteiger partial charge in [-0.05, 0) is 54.1 Å². The summed E-state index contributed by atoms with van der Waals surface area (Å²) in [6, 6.07) is 13.1. The van der Waals surface area contributed by atoms with E-state index in [1.807, 2.05) is 12.1 Å². The molecule has 0 saturated carbocycles. The van der Waals surface area contributed by atoms with Crippen LogP contribution in [0, 0.1) is 5.82 Å². The molecule has 0 radical (unpaired) electrons. The zero-order chi connectivity index (χ0) is 16.8. The first-order chi connectivity index (χ1) is 11.7. The number of anilines is 2. The lowest BCUT2D eigenvalue weighted by Gasteiger charge is -2.08. The predicted molar refractivity (Wildman–Crippen MR) is 89.3 cm³/mol. The molecule has 0 aliphatic heterocycles. The number of benzene rings is 1. The summed E-state index contributed by atoms with van der Waals surface area (Å²) in [4.78, 5) is 20.1. The van der Waals surface area contributed by atoms with Crippen LogP contribution in [0.25, 0.3) is 0 Å². The minimum Gasteiger partial charge on any atom is -0.354 e. The summed E-state index contributed by atoms with van der Waals surface area (Å²) in [5, 5.41) is 5.89. The third kappa shape index (κ3) is 4.13. The highest BCUT2D eigenvalue weighted by molar-refractivity contribution is 5.92. The lowest BCUT2D eigenvalue weighted by molar-refractivity contribution is 0.0946. The summed E-state index contributed by atoms with van der Waals surface area (Å²) in [7, 11) is 0. The second-order valence-corrected chi connectivity index (χ2v) is 5.10. The number of rotatable bonds is 5. The maximum atomic E-state index is 12.9. The molecular formula is C18H15FN4O. The fourth-order valence-corrected chi connectivity index (χ4v) is 2.08. The van der Waals surface area contributed by atoms with Crippen LogP contribution in [-0.4, -0.2) is 15.9 Å². The van der Waals surface area contributed by atoms with Crippen LogP contribution in [0.15, 0.2) is 67.1 Å². The highest BCUT2D eigenvalue weighted by Crippen LogP contribution is 2.16. The van der Waals surface area contributed by atoms with E-state index in [9.17, 15) is 9.18 Å². The van der Waals surface area contributed by atoms with E-state index in [2.05, 4.69) is 20.6 Å². The van der Waals surface area contributed by atoms with E-state index < -0.39 is 0 Å². The molecule has 2 heterocycles. The lowest BCUT2D eigenvalue weighted by Crippen LogP contribution is -2.23. The largest absolute Gasteiger partial charge is 0.354 e. The molecule has 120 valence electrons. The van der Waals surface area contributed by atoms with Crippen molar-refractivity contribution in [2.45, 2.75) is 6.54 Å². The number of amides is 1. The molecule has 0 fully saturated rings. The van der Waals surface area contributed by atoms with Gasteiger partial charge in [-0.2, -0.15) is 0 Å². The first-order valence-corrected chi connectivity index (χ1v) is 7.36. The van der Waals surface area contributed by atoms with Crippen LogP contribution in [0.3, 0.4) is 0 Å². The highest BCUT2D eigenvalue weighted by Gasteiger charge is 2.07. The Labute approximate surface area is 138 Å². The molecule has 1 amide bonds. The number of aromatic nitrogens is 2. The number of hydrogen-bond donors (Lipinski definition) is 2. The number of carbonyl (C=O) groups is 1. The molecule has 3 rings (SSSR count). The van der Waals surface area contributed by atoms with E-state index in [-0.39, 0.29) is 11.7 Å². The van der Waals surface area contributed by atoms with Gasteiger partial charge < -0.3 is 10.6 Å². The molecule has 3 aromatic rings. The number of nitrogens with zero attached hydrogens (tertiary/aromatic N) is 2. The zero-order valence-electron chi connectivity index (χ0n) is 12.7. The Kier molecular flexibility index (Phi) is 4.76. The van der Waals surface area contributed by atoms with Gasteiger partial charge in [0.15, 0.2) is 0 Å². The van der Waals surface area contributed by atoms with Crippen molar-refractivity contribution in [3.63, 3.8) is 0 Å². The molecule has 0 spiro atoms. The highest BCUT2D eigenvalue weighted by atomic mass is 19.1. The second kappa shape index (κ2) is 7.32. The fourth-order valence-electron chi connectivity index (χ4n) is 2.08. The van der Waals surface area contributed by atoms with Gasteiger partial charge in [-0.15, -0.1) is 0 Å². The lowest BCUT2D eigenvalue weighted by atomic mass is 10.2. The predicted octanol–water partition coefficient (Wildman–Crippen LogP) is 3.29. The van der Waals surface area contributed by atoms with Gasteiger partial charge >= 0.3 is 0 Å². The van der Waals surface area contributed by atoms with Crippen molar-refractivity contribution in [2.24, 2.45) is 0 Å². The maximum Gasteiger partial charge on any atom is 0.270 e. The smallest absolute Gasteiger partial charge is 0.270 e. The van der Waals surface area contributed by atoms with Crippen molar-refractivity contribution in [3.8, 4) is 0 Å². The van der Waals surface area contributed by atoms with Crippen molar-refractivity contribution in [1.82, 2.24) is 15.3 Å². The Bertz CT molecular complexity index is 805. The van der Waals surface area contributed by atoms with Crippen molar-refractivity contribution in [2.75, 3.05) is 5.32 Å². The van der Waals surface area contributed by atoms with E-state index in [0.29, 0.717) is 17.9 Å². The Hall–Kier alpha value is -3.28.